The molecule has 2 aromatic heterocycles. The Bertz CT molecular complexity index is 742. The molecule has 0 fully saturated rings. The first-order chi connectivity index (χ1) is 10.2. The van der Waals surface area contributed by atoms with Crippen LogP contribution in [0, 0.1) is 0 Å². The number of nitrogens with two attached hydrogens (primary N) is 1. The van der Waals surface area contributed by atoms with Gasteiger partial charge in [-0.2, -0.15) is 0 Å². The number of nitrogen functional groups attached to an aromatic ring is 1. The summed E-state index contributed by atoms with van der Waals surface area (Å²) in [6, 6.07) is 9.80. The molecule has 0 unspecified atom stereocenters. The largest absolute Gasteiger partial charge is 0.398 e. The van der Waals surface area contributed by atoms with Gasteiger partial charge in [-0.3, -0.25) is 4.98 Å². The fraction of sp³-hybridized carbons (Fsp3) is 0.0667. The van der Waals surface area contributed by atoms with E-state index in [1.165, 1.54) is 0 Å². The third-order valence-electron chi connectivity index (χ3n) is 3.00. The van der Waals surface area contributed by atoms with Gasteiger partial charge in [0.05, 0.1) is 0 Å². The first kappa shape index (κ1) is 14.0. The number of aromatic nitrogens is 2. The van der Waals surface area contributed by atoms with E-state index in [-0.39, 0.29) is 0 Å². The zero-order chi connectivity index (χ0) is 14.7. The van der Waals surface area contributed by atoms with Crippen LogP contribution < -0.4 is 11.1 Å². The van der Waals surface area contributed by atoms with Crippen LogP contribution in [0.2, 0.25) is 0 Å². The molecule has 0 aliphatic carbocycles. The predicted octanol–water partition coefficient (Wildman–Crippen LogP) is 4.16. The second kappa shape index (κ2) is 6.24. The molecule has 4 nitrogen and oxygen atoms in total. The van der Waals surface area contributed by atoms with Crippen molar-refractivity contribution in [2.75, 3.05) is 11.1 Å². The van der Waals surface area contributed by atoms with Crippen molar-refractivity contribution in [3.63, 3.8) is 0 Å². The Morgan fingerprint density at radius 2 is 2.00 bits per heavy atom. The fourth-order valence-electron chi connectivity index (χ4n) is 1.89. The van der Waals surface area contributed by atoms with Crippen LogP contribution in [-0.4, -0.2) is 9.97 Å². The maximum absolute atomic E-state index is 5.99. The molecular weight excluding hydrogens is 348 g/mol. The molecule has 6 heteroatoms. The Morgan fingerprint density at radius 3 is 2.76 bits per heavy atom. The smallest absolute Gasteiger partial charge is 0.138 e. The Kier molecular flexibility index (Phi) is 4.17. The lowest BCUT2D eigenvalue weighted by atomic mass is 10.2. The first-order valence-electron chi connectivity index (χ1n) is 6.36. The highest BCUT2D eigenvalue weighted by molar-refractivity contribution is 9.10. The number of anilines is 2. The molecule has 0 radical (unpaired) electrons. The molecule has 3 aromatic rings. The summed E-state index contributed by atoms with van der Waals surface area (Å²) >= 11 is 5.01. The number of thiazole rings is 1. The lowest BCUT2D eigenvalue weighted by Gasteiger charge is -2.07. The molecule has 0 spiro atoms. The Hall–Kier alpha value is -1.92. The SMILES string of the molecule is Nc1cc(Br)ccc1CNc1csc(-c2ccncc2)n1. The summed E-state index contributed by atoms with van der Waals surface area (Å²) in [4.78, 5) is 8.59. The Labute approximate surface area is 135 Å². The van der Waals surface area contributed by atoms with Gasteiger partial charge in [0.2, 0.25) is 0 Å². The van der Waals surface area contributed by atoms with Crippen LogP contribution in [0.1, 0.15) is 5.56 Å². The molecule has 0 aliphatic heterocycles. The fourth-order valence-corrected chi connectivity index (χ4v) is 3.06. The summed E-state index contributed by atoms with van der Waals surface area (Å²) in [5.74, 6) is 0.856. The second-order valence-corrected chi connectivity index (χ2v) is 6.24. The Balaban J connectivity index is 1.70. The zero-order valence-corrected chi connectivity index (χ0v) is 13.5. The minimum atomic E-state index is 0.651. The van der Waals surface area contributed by atoms with Gasteiger partial charge in [-0.15, -0.1) is 11.3 Å². The van der Waals surface area contributed by atoms with Crippen LogP contribution in [0.5, 0.6) is 0 Å². The van der Waals surface area contributed by atoms with Gasteiger partial charge in [0.15, 0.2) is 0 Å². The monoisotopic (exact) mass is 360 g/mol. The van der Waals surface area contributed by atoms with E-state index >= 15 is 0 Å². The highest BCUT2D eigenvalue weighted by Gasteiger charge is 2.05. The highest BCUT2D eigenvalue weighted by Crippen LogP contribution is 2.26. The van der Waals surface area contributed by atoms with Crippen molar-refractivity contribution in [2.45, 2.75) is 6.54 Å². The molecule has 21 heavy (non-hydrogen) atoms. The minimum absolute atomic E-state index is 0.651. The van der Waals surface area contributed by atoms with E-state index in [0.717, 1.165) is 32.1 Å². The van der Waals surface area contributed by atoms with E-state index in [2.05, 4.69) is 31.2 Å². The molecule has 0 bridgehead atoms. The average molecular weight is 361 g/mol. The van der Waals surface area contributed by atoms with Gasteiger partial charge in [0.1, 0.15) is 10.8 Å². The van der Waals surface area contributed by atoms with E-state index in [1.54, 1.807) is 23.7 Å². The van der Waals surface area contributed by atoms with Gasteiger partial charge >= 0.3 is 0 Å². The maximum Gasteiger partial charge on any atom is 0.138 e. The number of halogens is 1. The topological polar surface area (TPSA) is 63.8 Å². The summed E-state index contributed by atoms with van der Waals surface area (Å²) in [6.07, 6.45) is 3.54. The first-order valence-corrected chi connectivity index (χ1v) is 8.03. The molecule has 3 N–H and O–H groups in total. The number of hydrogen-bond acceptors (Lipinski definition) is 5. The Morgan fingerprint density at radius 1 is 1.19 bits per heavy atom. The van der Waals surface area contributed by atoms with E-state index in [1.807, 2.05) is 35.7 Å². The van der Waals surface area contributed by atoms with Crippen LogP contribution in [0.3, 0.4) is 0 Å². The lowest BCUT2D eigenvalue weighted by molar-refractivity contribution is 1.13. The van der Waals surface area contributed by atoms with Gasteiger partial charge in [-0.25, -0.2) is 4.98 Å². The van der Waals surface area contributed by atoms with Crippen molar-refractivity contribution in [2.24, 2.45) is 0 Å². The van der Waals surface area contributed by atoms with E-state index in [0.29, 0.717) is 6.54 Å². The van der Waals surface area contributed by atoms with Crippen molar-refractivity contribution in [3.05, 3.63) is 58.1 Å². The van der Waals surface area contributed by atoms with Crippen molar-refractivity contribution in [1.82, 2.24) is 9.97 Å². The quantitative estimate of drug-likeness (QED) is 0.685. The predicted molar refractivity (Wildman–Crippen MR) is 91.2 cm³/mol. The van der Waals surface area contributed by atoms with Crippen molar-refractivity contribution >= 4 is 38.8 Å². The van der Waals surface area contributed by atoms with Gasteiger partial charge in [-0.1, -0.05) is 22.0 Å². The van der Waals surface area contributed by atoms with Crippen LogP contribution >= 0.6 is 27.3 Å². The van der Waals surface area contributed by atoms with E-state index in [4.69, 9.17) is 5.73 Å². The number of nitrogens with one attached hydrogen (secondary N) is 1. The molecule has 0 atom stereocenters. The van der Waals surface area contributed by atoms with Crippen LogP contribution in [0.15, 0.2) is 52.6 Å². The summed E-state index contributed by atoms with van der Waals surface area (Å²) in [5.41, 5.74) is 8.88. The molecular formula is C15H13BrN4S. The third kappa shape index (κ3) is 3.40. The molecule has 0 saturated heterocycles. The van der Waals surface area contributed by atoms with Gasteiger partial charge in [0.25, 0.3) is 0 Å². The van der Waals surface area contributed by atoms with Crippen molar-refractivity contribution < 1.29 is 0 Å². The van der Waals surface area contributed by atoms with Crippen molar-refractivity contribution in [1.29, 1.82) is 0 Å². The number of hydrogen-bond donors (Lipinski definition) is 2. The maximum atomic E-state index is 5.99. The standard InChI is InChI=1S/C15H13BrN4S/c16-12-2-1-11(13(17)7-12)8-19-14-9-21-15(20-14)10-3-5-18-6-4-10/h1-7,9,19H,8,17H2. The van der Waals surface area contributed by atoms with Crippen LogP contribution in [0.4, 0.5) is 11.5 Å². The van der Waals surface area contributed by atoms with Gasteiger partial charge in [-0.05, 0) is 29.8 Å². The lowest BCUT2D eigenvalue weighted by Crippen LogP contribution is -2.03. The second-order valence-electron chi connectivity index (χ2n) is 4.47. The highest BCUT2D eigenvalue weighted by atomic mass is 79.9. The van der Waals surface area contributed by atoms with E-state index < -0.39 is 0 Å². The van der Waals surface area contributed by atoms with Gasteiger partial charge in [0, 0.05) is 40.0 Å². The number of nitrogens with zero attached hydrogens (tertiary/aromatic N) is 2. The molecule has 0 saturated carbocycles. The molecule has 3 rings (SSSR count). The minimum Gasteiger partial charge on any atom is -0.398 e. The average Bonchev–Trinajstić information content (AvgIpc) is 2.96. The molecule has 2 heterocycles. The van der Waals surface area contributed by atoms with Crippen molar-refractivity contribution in [3.8, 4) is 10.6 Å². The molecule has 0 aliphatic rings. The molecule has 106 valence electrons. The van der Waals surface area contributed by atoms with Crippen LogP contribution in [0.25, 0.3) is 10.6 Å². The molecule has 0 amide bonds. The number of benzene rings is 1. The van der Waals surface area contributed by atoms with E-state index in [9.17, 15) is 0 Å². The number of pyridine rings is 1. The third-order valence-corrected chi connectivity index (χ3v) is 4.38. The molecule has 1 aromatic carbocycles. The summed E-state index contributed by atoms with van der Waals surface area (Å²) in [6.45, 7) is 0.651. The summed E-state index contributed by atoms with van der Waals surface area (Å²) < 4.78 is 0.984. The zero-order valence-electron chi connectivity index (χ0n) is 11.1. The van der Waals surface area contributed by atoms with Gasteiger partial charge < -0.3 is 11.1 Å². The summed E-state index contributed by atoms with van der Waals surface area (Å²) in [7, 11) is 0. The summed E-state index contributed by atoms with van der Waals surface area (Å²) in [5, 5.41) is 6.28. The number of rotatable bonds is 4. The normalized spacial score (nSPS) is 10.5. The van der Waals surface area contributed by atoms with Crippen LogP contribution in [-0.2, 0) is 6.54 Å².